The van der Waals surface area contributed by atoms with Crippen LogP contribution < -0.4 is 11.1 Å². The summed E-state index contributed by atoms with van der Waals surface area (Å²) in [6.07, 6.45) is 8.03. The summed E-state index contributed by atoms with van der Waals surface area (Å²) in [5, 5.41) is 3.69. The molecule has 2 aliphatic carbocycles. The van der Waals surface area contributed by atoms with E-state index in [9.17, 15) is 0 Å². The smallest absolute Gasteiger partial charge is 0.00824 e. The Kier molecular flexibility index (Phi) is 3.45. The van der Waals surface area contributed by atoms with Crippen LogP contribution in [0.15, 0.2) is 0 Å². The number of hydrogen-bond donors (Lipinski definition) is 2. The molecule has 0 amide bonds. The Morgan fingerprint density at radius 3 is 2.57 bits per heavy atom. The van der Waals surface area contributed by atoms with Crippen LogP contribution in [-0.2, 0) is 0 Å². The van der Waals surface area contributed by atoms with Gasteiger partial charge in [-0.2, -0.15) is 0 Å². The van der Waals surface area contributed by atoms with Crippen LogP contribution >= 0.6 is 0 Å². The van der Waals surface area contributed by atoms with Crippen LogP contribution in [0.25, 0.3) is 0 Å². The molecule has 2 nitrogen and oxygen atoms in total. The zero-order chi connectivity index (χ0) is 9.97. The molecule has 2 saturated carbocycles. The maximum atomic E-state index is 5.89. The zero-order valence-electron chi connectivity index (χ0n) is 9.34. The van der Waals surface area contributed by atoms with Crippen LogP contribution in [0.2, 0.25) is 0 Å². The van der Waals surface area contributed by atoms with Crippen molar-refractivity contribution in [1.82, 2.24) is 5.32 Å². The van der Waals surface area contributed by atoms with E-state index in [2.05, 4.69) is 12.2 Å². The van der Waals surface area contributed by atoms with E-state index in [0.29, 0.717) is 6.04 Å². The van der Waals surface area contributed by atoms with E-state index >= 15 is 0 Å². The van der Waals surface area contributed by atoms with Gasteiger partial charge in [-0.15, -0.1) is 0 Å². The maximum absolute atomic E-state index is 5.89. The van der Waals surface area contributed by atoms with Crippen LogP contribution in [0, 0.1) is 11.8 Å². The highest BCUT2D eigenvalue weighted by atomic mass is 14.9. The molecule has 14 heavy (non-hydrogen) atoms. The molecule has 0 spiro atoms. The van der Waals surface area contributed by atoms with Crippen molar-refractivity contribution in [3.63, 3.8) is 0 Å². The fourth-order valence-electron chi connectivity index (χ4n) is 3.05. The van der Waals surface area contributed by atoms with Crippen LogP contribution in [0.3, 0.4) is 0 Å². The van der Waals surface area contributed by atoms with Crippen LogP contribution in [0.1, 0.15) is 45.4 Å². The average molecular weight is 196 g/mol. The van der Waals surface area contributed by atoms with Gasteiger partial charge in [-0.3, -0.25) is 0 Å². The van der Waals surface area contributed by atoms with E-state index in [-0.39, 0.29) is 0 Å². The summed E-state index contributed by atoms with van der Waals surface area (Å²) in [7, 11) is 0. The summed E-state index contributed by atoms with van der Waals surface area (Å²) in [6.45, 7) is 3.62. The molecule has 4 unspecified atom stereocenters. The lowest BCUT2D eigenvalue weighted by molar-refractivity contribution is 0.422. The van der Waals surface area contributed by atoms with Gasteiger partial charge in [0.25, 0.3) is 0 Å². The van der Waals surface area contributed by atoms with Gasteiger partial charge < -0.3 is 11.1 Å². The molecule has 2 fully saturated rings. The molecule has 2 heteroatoms. The monoisotopic (exact) mass is 196 g/mol. The van der Waals surface area contributed by atoms with Gasteiger partial charge >= 0.3 is 0 Å². The van der Waals surface area contributed by atoms with Crippen molar-refractivity contribution >= 4 is 0 Å². The van der Waals surface area contributed by atoms with Crippen LogP contribution in [0.4, 0.5) is 0 Å². The van der Waals surface area contributed by atoms with Crippen molar-refractivity contribution in [1.29, 1.82) is 0 Å². The molecule has 3 N–H and O–H groups in total. The minimum absolute atomic E-state index is 0.468. The highest BCUT2D eigenvalue weighted by Crippen LogP contribution is 2.30. The maximum Gasteiger partial charge on any atom is 0.00824 e. The van der Waals surface area contributed by atoms with Crippen molar-refractivity contribution in [2.75, 3.05) is 6.54 Å². The number of nitrogens with one attached hydrogen (secondary N) is 1. The first-order valence-corrected chi connectivity index (χ1v) is 6.23. The number of rotatable bonds is 3. The van der Waals surface area contributed by atoms with Gasteiger partial charge in [-0.1, -0.05) is 13.3 Å². The minimum atomic E-state index is 0.468. The number of hydrogen-bond acceptors (Lipinski definition) is 2. The molecular weight excluding hydrogens is 172 g/mol. The molecule has 2 aliphatic rings. The lowest BCUT2D eigenvalue weighted by Gasteiger charge is -2.16. The molecule has 4 atom stereocenters. The Labute approximate surface area is 87.6 Å². The molecule has 0 aromatic carbocycles. The highest BCUT2D eigenvalue weighted by Gasteiger charge is 2.24. The van der Waals surface area contributed by atoms with Gasteiger partial charge in [0.2, 0.25) is 0 Å². The third kappa shape index (κ3) is 2.71. The molecule has 0 radical (unpaired) electrons. The first kappa shape index (κ1) is 10.4. The third-order valence-electron chi connectivity index (χ3n) is 3.97. The number of nitrogens with two attached hydrogens (primary N) is 1. The van der Waals surface area contributed by atoms with Crippen molar-refractivity contribution in [2.45, 2.75) is 57.5 Å². The predicted molar refractivity (Wildman–Crippen MR) is 60.1 cm³/mol. The molecule has 2 rings (SSSR count). The summed E-state index contributed by atoms with van der Waals surface area (Å²) in [4.78, 5) is 0. The Bertz CT molecular complexity index is 161. The fraction of sp³-hybridized carbons (Fsp3) is 1.00. The van der Waals surface area contributed by atoms with Gasteiger partial charge in [0.05, 0.1) is 0 Å². The Morgan fingerprint density at radius 1 is 1.14 bits per heavy atom. The first-order chi connectivity index (χ1) is 6.74. The van der Waals surface area contributed by atoms with Gasteiger partial charge in [0.1, 0.15) is 0 Å². The van der Waals surface area contributed by atoms with Crippen molar-refractivity contribution in [3.8, 4) is 0 Å². The highest BCUT2D eigenvalue weighted by molar-refractivity contribution is 4.84. The van der Waals surface area contributed by atoms with E-state index in [1.54, 1.807) is 0 Å². The molecule has 0 saturated heterocycles. The molecule has 0 heterocycles. The van der Waals surface area contributed by atoms with Crippen molar-refractivity contribution in [2.24, 2.45) is 17.6 Å². The standard InChI is InChI=1S/C12H24N2/c1-9-2-3-10(6-9)8-14-12-5-4-11(13)7-12/h9-12,14H,2-8,13H2,1H3. The van der Waals surface area contributed by atoms with Crippen molar-refractivity contribution in [3.05, 3.63) is 0 Å². The van der Waals surface area contributed by atoms with E-state index in [1.165, 1.54) is 45.1 Å². The largest absolute Gasteiger partial charge is 0.328 e. The average Bonchev–Trinajstić information content (AvgIpc) is 2.72. The topological polar surface area (TPSA) is 38.0 Å². The molecular formula is C12H24N2. The molecule has 0 bridgehead atoms. The second kappa shape index (κ2) is 4.63. The zero-order valence-corrected chi connectivity index (χ0v) is 9.34. The second-order valence-electron chi connectivity index (χ2n) is 5.46. The molecule has 82 valence electrons. The van der Waals surface area contributed by atoms with E-state index < -0.39 is 0 Å². The SMILES string of the molecule is CC1CCC(CNC2CCC(N)C2)C1. The summed E-state index contributed by atoms with van der Waals surface area (Å²) in [5.41, 5.74) is 5.89. The summed E-state index contributed by atoms with van der Waals surface area (Å²) in [5.74, 6) is 1.91. The Balaban J connectivity index is 1.63. The van der Waals surface area contributed by atoms with Gasteiger partial charge in [-0.05, 0) is 50.5 Å². The summed E-state index contributed by atoms with van der Waals surface area (Å²) in [6, 6.07) is 1.19. The van der Waals surface area contributed by atoms with Gasteiger partial charge in [0, 0.05) is 12.1 Å². The molecule has 0 aromatic rings. The normalized spacial score (nSPS) is 43.3. The van der Waals surface area contributed by atoms with Crippen molar-refractivity contribution < 1.29 is 0 Å². The lowest BCUT2D eigenvalue weighted by atomic mass is 10.1. The molecule has 0 aliphatic heterocycles. The summed E-state index contributed by atoms with van der Waals surface area (Å²) >= 11 is 0. The second-order valence-corrected chi connectivity index (χ2v) is 5.46. The Morgan fingerprint density at radius 2 is 2.00 bits per heavy atom. The van der Waals surface area contributed by atoms with E-state index in [4.69, 9.17) is 5.73 Å². The third-order valence-corrected chi connectivity index (χ3v) is 3.97. The summed E-state index contributed by atoms with van der Waals surface area (Å²) < 4.78 is 0. The van der Waals surface area contributed by atoms with E-state index in [1.807, 2.05) is 0 Å². The van der Waals surface area contributed by atoms with E-state index in [0.717, 1.165) is 17.9 Å². The van der Waals surface area contributed by atoms with Gasteiger partial charge in [-0.25, -0.2) is 0 Å². The van der Waals surface area contributed by atoms with Gasteiger partial charge in [0.15, 0.2) is 0 Å². The Hall–Kier alpha value is -0.0800. The minimum Gasteiger partial charge on any atom is -0.328 e. The molecule has 0 aromatic heterocycles. The van der Waals surface area contributed by atoms with Crippen LogP contribution in [-0.4, -0.2) is 18.6 Å². The first-order valence-electron chi connectivity index (χ1n) is 6.23. The fourth-order valence-corrected chi connectivity index (χ4v) is 3.05. The predicted octanol–water partition coefficient (Wildman–Crippen LogP) is 1.89. The lowest BCUT2D eigenvalue weighted by Crippen LogP contribution is -2.32. The quantitative estimate of drug-likeness (QED) is 0.723. The van der Waals surface area contributed by atoms with Crippen LogP contribution in [0.5, 0.6) is 0 Å².